The molecule has 0 unspecified atom stereocenters. The molecule has 0 bridgehead atoms. The van der Waals surface area contributed by atoms with E-state index in [0.29, 0.717) is 0 Å². The molecule has 0 saturated heterocycles. The average molecular weight is 235 g/mol. The minimum atomic E-state index is 0.777. The van der Waals surface area contributed by atoms with Crippen LogP contribution in [-0.2, 0) is 6.54 Å². The molecule has 2 nitrogen and oxygen atoms in total. The predicted octanol–water partition coefficient (Wildman–Crippen LogP) is 3.22. The van der Waals surface area contributed by atoms with Crippen molar-refractivity contribution in [1.82, 2.24) is 10.3 Å². The zero-order valence-electron chi connectivity index (χ0n) is 9.76. The quantitative estimate of drug-likeness (QED) is 0.863. The molecule has 0 saturated carbocycles. The minimum absolute atomic E-state index is 0.777. The normalized spacial score (nSPS) is 11.0. The third-order valence-corrected chi connectivity index (χ3v) is 3.22. The number of aromatic nitrogens is 1. The Bertz CT molecular complexity index is 535. The van der Waals surface area contributed by atoms with Crippen molar-refractivity contribution in [2.24, 2.45) is 0 Å². The van der Waals surface area contributed by atoms with Crippen molar-refractivity contribution in [1.29, 1.82) is 0 Å². The molecule has 0 radical (unpaired) electrons. The molecular formula is C13H15ClN2. The largest absolute Gasteiger partial charge is 0.314 e. The highest BCUT2D eigenvalue weighted by molar-refractivity contribution is 6.32. The van der Waals surface area contributed by atoms with Crippen LogP contribution in [0.4, 0.5) is 0 Å². The fourth-order valence-electron chi connectivity index (χ4n) is 1.85. The van der Waals surface area contributed by atoms with Gasteiger partial charge in [0.1, 0.15) is 0 Å². The van der Waals surface area contributed by atoms with E-state index in [1.807, 2.05) is 26.1 Å². The second kappa shape index (κ2) is 4.40. The van der Waals surface area contributed by atoms with Crippen molar-refractivity contribution in [3.63, 3.8) is 0 Å². The summed E-state index contributed by atoms with van der Waals surface area (Å²) in [5, 5.41) is 5.06. The molecule has 16 heavy (non-hydrogen) atoms. The molecule has 2 rings (SSSR count). The van der Waals surface area contributed by atoms with Crippen LogP contribution in [0.3, 0.4) is 0 Å². The number of hydrogen-bond donors (Lipinski definition) is 1. The Hall–Kier alpha value is -1.12. The van der Waals surface area contributed by atoms with E-state index in [0.717, 1.165) is 33.7 Å². The van der Waals surface area contributed by atoms with E-state index in [1.54, 1.807) is 0 Å². The monoisotopic (exact) mass is 234 g/mol. The second-order valence-corrected chi connectivity index (χ2v) is 4.43. The number of halogens is 1. The lowest BCUT2D eigenvalue weighted by molar-refractivity contribution is 0.788. The summed E-state index contributed by atoms with van der Waals surface area (Å²) in [6, 6.07) is 6.12. The highest BCUT2D eigenvalue weighted by Gasteiger charge is 2.06. The number of fused-ring (bicyclic) bond motifs is 1. The third kappa shape index (κ3) is 1.91. The van der Waals surface area contributed by atoms with Crippen LogP contribution < -0.4 is 5.32 Å². The van der Waals surface area contributed by atoms with Gasteiger partial charge >= 0.3 is 0 Å². The van der Waals surface area contributed by atoms with E-state index in [1.165, 1.54) is 5.56 Å². The van der Waals surface area contributed by atoms with Crippen molar-refractivity contribution in [2.45, 2.75) is 20.4 Å². The van der Waals surface area contributed by atoms with E-state index in [4.69, 9.17) is 11.6 Å². The highest BCUT2D eigenvalue weighted by atomic mass is 35.5. The molecule has 1 aromatic carbocycles. The number of nitrogens with one attached hydrogen (secondary N) is 1. The smallest absolute Gasteiger partial charge is 0.0750 e. The van der Waals surface area contributed by atoms with Gasteiger partial charge < -0.3 is 5.32 Å². The van der Waals surface area contributed by atoms with Crippen LogP contribution in [0.15, 0.2) is 18.2 Å². The lowest BCUT2D eigenvalue weighted by Crippen LogP contribution is -2.09. The molecule has 0 amide bonds. The van der Waals surface area contributed by atoms with E-state index in [2.05, 4.69) is 23.3 Å². The molecule has 0 aliphatic carbocycles. The van der Waals surface area contributed by atoms with Crippen LogP contribution in [0.2, 0.25) is 5.02 Å². The summed E-state index contributed by atoms with van der Waals surface area (Å²) in [5.74, 6) is 0. The van der Waals surface area contributed by atoms with Gasteiger partial charge in [-0.3, -0.25) is 4.98 Å². The van der Waals surface area contributed by atoms with Crippen LogP contribution in [-0.4, -0.2) is 12.0 Å². The fourth-order valence-corrected chi connectivity index (χ4v) is 2.00. The van der Waals surface area contributed by atoms with E-state index >= 15 is 0 Å². The van der Waals surface area contributed by atoms with Crippen molar-refractivity contribution < 1.29 is 0 Å². The average Bonchev–Trinajstić information content (AvgIpc) is 2.26. The summed E-state index contributed by atoms with van der Waals surface area (Å²) < 4.78 is 0. The fraction of sp³-hybridized carbons (Fsp3) is 0.308. The van der Waals surface area contributed by atoms with Crippen molar-refractivity contribution in [3.05, 3.63) is 40.0 Å². The Morgan fingerprint density at radius 1 is 1.31 bits per heavy atom. The highest BCUT2D eigenvalue weighted by Crippen LogP contribution is 2.25. The Kier molecular flexibility index (Phi) is 3.13. The van der Waals surface area contributed by atoms with Gasteiger partial charge in [0.2, 0.25) is 0 Å². The predicted molar refractivity (Wildman–Crippen MR) is 69.0 cm³/mol. The summed E-state index contributed by atoms with van der Waals surface area (Å²) >= 11 is 6.10. The van der Waals surface area contributed by atoms with Gasteiger partial charge in [0, 0.05) is 17.0 Å². The molecule has 0 atom stereocenters. The van der Waals surface area contributed by atoms with Crippen LogP contribution in [0.5, 0.6) is 0 Å². The van der Waals surface area contributed by atoms with E-state index < -0.39 is 0 Å². The zero-order valence-corrected chi connectivity index (χ0v) is 10.5. The number of hydrogen-bond acceptors (Lipinski definition) is 2. The lowest BCUT2D eigenvalue weighted by Gasteiger charge is -2.09. The first-order valence-corrected chi connectivity index (χ1v) is 5.71. The van der Waals surface area contributed by atoms with Crippen molar-refractivity contribution in [2.75, 3.05) is 7.05 Å². The maximum atomic E-state index is 6.10. The van der Waals surface area contributed by atoms with Crippen LogP contribution in [0.1, 0.15) is 16.8 Å². The number of rotatable bonds is 2. The first-order chi connectivity index (χ1) is 7.63. The molecule has 0 aliphatic rings. The first kappa shape index (κ1) is 11.4. The molecule has 0 aliphatic heterocycles. The first-order valence-electron chi connectivity index (χ1n) is 5.33. The lowest BCUT2D eigenvalue weighted by atomic mass is 10.1. The number of benzene rings is 1. The van der Waals surface area contributed by atoms with Crippen LogP contribution in [0, 0.1) is 13.8 Å². The van der Waals surface area contributed by atoms with Gasteiger partial charge in [-0.25, -0.2) is 0 Å². The SMILES string of the molecule is CNCc1nc2c(C)c(Cl)ccc2cc1C. The molecule has 1 aromatic heterocycles. The zero-order chi connectivity index (χ0) is 11.7. The van der Waals surface area contributed by atoms with Crippen molar-refractivity contribution >= 4 is 22.5 Å². The number of aryl methyl sites for hydroxylation is 2. The minimum Gasteiger partial charge on any atom is -0.314 e. The van der Waals surface area contributed by atoms with Crippen molar-refractivity contribution in [3.8, 4) is 0 Å². The maximum absolute atomic E-state index is 6.10. The third-order valence-electron chi connectivity index (χ3n) is 2.81. The van der Waals surface area contributed by atoms with Gasteiger partial charge in [-0.2, -0.15) is 0 Å². The summed E-state index contributed by atoms with van der Waals surface area (Å²) in [7, 11) is 1.93. The molecule has 2 aromatic rings. The number of pyridine rings is 1. The number of nitrogens with zero attached hydrogens (tertiary/aromatic N) is 1. The van der Waals surface area contributed by atoms with E-state index in [9.17, 15) is 0 Å². The van der Waals surface area contributed by atoms with Crippen LogP contribution in [0.25, 0.3) is 10.9 Å². The Balaban J connectivity index is 2.70. The van der Waals surface area contributed by atoms with E-state index in [-0.39, 0.29) is 0 Å². The van der Waals surface area contributed by atoms with Gasteiger partial charge in [-0.05, 0) is 44.2 Å². The van der Waals surface area contributed by atoms with Gasteiger partial charge in [-0.1, -0.05) is 17.7 Å². The molecule has 84 valence electrons. The van der Waals surface area contributed by atoms with Gasteiger partial charge in [0.05, 0.1) is 11.2 Å². The Labute approximate surface area is 101 Å². The Morgan fingerprint density at radius 3 is 2.75 bits per heavy atom. The molecule has 0 fully saturated rings. The summed E-state index contributed by atoms with van der Waals surface area (Å²) in [5.41, 5.74) is 4.35. The summed E-state index contributed by atoms with van der Waals surface area (Å²) in [6.45, 7) is 4.88. The van der Waals surface area contributed by atoms with Gasteiger partial charge in [-0.15, -0.1) is 0 Å². The van der Waals surface area contributed by atoms with Crippen LogP contribution >= 0.6 is 11.6 Å². The summed E-state index contributed by atoms with van der Waals surface area (Å²) in [6.07, 6.45) is 0. The maximum Gasteiger partial charge on any atom is 0.0750 e. The second-order valence-electron chi connectivity index (χ2n) is 4.03. The molecule has 1 heterocycles. The molecule has 1 N–H and O–H groups in total. The molecule has 3 heteroatoms. The topological polar surface area (TPSA) is 24.9 Å². The Morgan fingerprint density at radius 2 is 2.06 bits per heavy atom. The summed E-state index contributed by atoms with van der Waals surface area (Å²) in [4.78, 5) is 4.68. The standard InChI is InChI=1S/C13H15ClN2/c1-8-6-10-4-5-11(14)9(2)13(10)16-12(8)7-15-3/h4-6,15H,7H2,1-3H3. The molecule has 0 spiro atoms. The van der Waals surface area contributed by atoms with Gasteiger partial charge in [0.15, 0.2) is 0 Å². The van der Waals surface area contributed by atoms with Gasteiger partial charge in [0.25, 0.3) is 0 Å². The molecular weight excluding hydrogens is 220 g/mol.